The lowest BCUT2D eigenvalue weighted by atomic mass is 10.0. The first-order valence-corrected chi connectivity index (χ1v) is 9.02. The maximum absolute atomic E-state index is 12.6. The van der Waals surface area contributed by atoms with Crippen LogP contribution in [-0.2, 0) is 11.2 Å². The smallest absolute Gasteiger partial charge is 0.335 e. The van der Waals surface area contributed by atoms with Gasteiger partial charge in [-0.25, -0.2) is 4.79 Å². The molecule has 3 rings (SSSR count). The maximum atomic E-state index is 12.6. The van der Waals surface area contributed by atoms with Crippen molar-refractivity contribution in [3.63, 3.8) is 0 Å². The molecule has 2 aromatic carbocycles. The van der Waals surface area contributed by atoms with E-state index in [1.54, 1.807) is 59.4 Å². The monoisotopic (exact) mass is 382 g/mol. The van der Waals surface area contributed by atoms with Gasteiger partial charge in [0.05, 0.1) is 19.1 Å². The summed E-state index contributed by atoms with van der Waals surface area (Å²) < 4.78 is 5.10. The Bertz CT molecular complexity index is 871. The Kier molecular flexibility index (Phi) is 5.93. The van der Waals surface area contributed by atoms with Crippen molar-refractivity contribution in [3.05, 3.63) is 65.2 Å². The van der Waals surface area contributed by atoms with Crippen molar-refractivity contribution in [3.8, 4) is 5.75 Å². The van der Waals surface area contributed by atoms with Crippen LogP contribution in [0.4, 0.5) is 0 Å². The van der Waals surface area contributed by atoms with E-state index in [2.05, 4.69) is 0 Å². The number of piperazine rings is 1. The number of amides is 2. The Hall–Kier alpha value is -3.35. The number of benzene rings is 2. The average Bonchev–Trinajstić information content (AvgIpc) is 2.73. The lowest BCUT2D eigenvalue weighted by Crippen LogP contribution is -2.51. The second kappa shape index (κ2) is 8.56. The third-order valence-electron chi connectivity index (χ3n) is 4.85. The average molecular weight is 382 g/mol. The number of nitrogens with zero attached hydrogens (tertiary/aromatic N) is 2. The summed E-state index contributed by atoms with van der Waals surface area (Å²) in [6.45, 7) is 1.74. The van der Waals surface area contributed by atoms with E-state index >= 15 is 0 Å². The van der Waals surface area contributed by atoms with Gasteiger partial charge >= 0.3 is 5.97 Å². The molecule has 0 radical (unpaired) electrons. The SMILES string of the molecule is COc1ccc(C(=O)N2CCN(C(=O)Cc3ccccc3C(=O)O)CC2)cc1. The van der Waals surface area contributed by atoms with Crippen molar-refractivity contribution in [1.29, 1.82) is 0 Å². The van der Waals surface area contributed by atoms with Crippen LogP contribution in [-0.4, -0.2) is 66.0 Å². The number of hydrogen-bond acceptors (Lipinski definition) is 4. The fraction of sp³-hybridized carbons (Fsp3) is 0.286. The molecule has 0 aliphatic carbocycles. The molecule has 0 bridgehead atoms. The van der Waals surface area contributed by atoms with Crippen LogP contribution in [0.15, 0.2) is 48.5 Å². The summed E-state index contributed by atoms with van der Waals surface area (Å²) in [6.07, 6.45) is 0.0366. The highest BCUT2D eigenvalue weighted by Gasteiger charge is 2.25. The van der Waals surface area contributed by atoms with E-state index < -0.39 is 5.97 Å². The summed E-state index contributed by atoms with van der Waals surface area (Å²) >= 11 is 0. The standard InChI is InChI=1S/C21H22N2O5/c1-28-17-8-6-15(7-9-17)20(25)23-12-10-22(11-13-23)19(24)14-16-4-2-3-5-18(16)21(26)27/h2-9H,10-14H2,1H3,(H,26,27). The summed E-state index contributed by atoms with van der Waals surface area (Å²) in [6, 6.07) is 13.4. The molecular weight excluding hydrogens is 360 g/mol. The predicted octanol–water partition coefficient (Wildman–Crippen LogP) is 1.92. The molecule has 1 fully saturated rings. The van der Waals surface area contributed by atoms with E-state index in [0.717, 1.165) is 0 Å². The number of carbonyl (C=O) groups is 3. The number of hydrogen-bond donors (Lipinski definition) is 1. The topological polar surface area (TPSA) is 87.2 Å². The molecule has 146 valence electrons. The van der Waals surface area contributed by atoms with Crippen LogP contribution < -0.4 is 4.74 Å². The first-order valence-electron chi connectivity index (χ1n) is 9.02. The summed E-state index contributed by atoms with van der Waals surface area (Å²) in [5.41, 5.74) is 1.22. The Morgan fingerprint density at radius 2 is 1.54 bits per heavy atom. The number of carboxylic acid groups (broad SMARTS) is 1. The zero-order valence-electron chi connectivity index (χ0n) is 15.6. The van der Waals surface area contributed by atoms with Crippen LogP contribution in [0, 0.1) is 0 Å². The number of methoxy groups -OCH3 is 1. The summed E-state index contributed by atoms with van der Waals surface area (Å²) in [7, 11) is 1.57. The minimum absolute atomic E-state index is 0.0366. The van der Waals surface area contributed by atoms with E-state index in [0.29, 0.717) is 43.1 Å². The molecule has 2 amide bonds. The van der Waals surface area contributed by atoms with Gasteiger partial charge in [-0.05, 0) is 35.9 Å². The number of carbonyl (C=O) groups excluding carboxylic acids is 2. The minimum Gasteiger partial charge on any atom is -0.497 e. The highest BCUT2D eigenvalue weighted by molar-refractivity contribution is 5.94. The molecule has 0 unspecified atom stereocenters. The molecule has 1 N–H and O–H groups in total. The van der Waals surface area contributed by atoms with Crippen molar-refractivity contribution in [2.75, 3.05) is 33.3 Å². The van der Waals surface area contributed by atoms with Crippen molar-refractivity contribution >= 4 is 17.8 Å². The Morgan fingerprint density at radius 3 is 2.14 bits per heavy atom. The number of aromatic carboxylic acids is 1. The Morgan fingerprint density at radius 1 is 0.929 bits per heavy atom. The number of ether oxygens (including phenoxy) is 1. The van der Waals surface area contributed by atoms with Gasteiger partial charge in [0.2, 0.25) is 5.91 Å². The fourth-order valence-corrected chi connectivity index (χ4v) is 3.23. The second-order valence-corrected chi connectivity index (χ2v) is 6.54. The molecule has 0 spiro atoms. The van der Waals surface area contributed by atoms with E-state index in [9.17, 15) is 19.5 Å². The zero-order valence-corrected chi connectivity index (χ0v) is 15.6. The molecule has 0 aromatic heterocycles. The summed E-state index contributed by atoms with van der Waals surface area (Å²) in [4.78, 5) is 39.9. The first kappa shape index (κ1) is 19.4. The molecule has 7 nitrogen and oxygen atoms in total. The third-order valence-corrected chi connectivity index (χ3v) is 4.85. The van der Waals surface area contributed by atoms with E-state index in [-0.39, 0.29) is 23.8 Å². The molecule has 28 heavy (non-hydrogen) atoms. The van der Waals surface area contributed by atoms with Gasteiger partial charge in [0.1, 0.15) is 5.75 Å². The van der Waals surface area contributed by atoms with Crippen molar-refractivity contribution in [2.45, 2.75) is 6.42 Å². The Balaban J connectivity index is 1.58. The third kappa shape index (κ3) is 4.31. The Labute approximate surface area is 163 Å². The summed E-state index contributed by atoms with van der Waals surface area (Å²) in [5.74, 6) is -0.567. The molecule has 2 aromatic rings. The van der Waals surface area contributed by atoms with Gasteiger partial charge in [0.15, 0.2) is 0 Å². The maximum Gasteiger partial charge on any atom is 0.335 e. The molecule has 0 saturated carbocycles. The fourth-order valence-electron chi connectivity index (χ4n) is 3.23. The van der Waals surface area contributed by atoms with E-state index in [1.165, 1.54) is 6.07 Å². The van der Waals surface area contributed by atoms with Crippen LogP contribution in [0.25, 0.3) is 0 Å². The minimum atomic E-state index is -1.04. The molecule has 0 atom stereocenters. The lowest BCUT2D eigenvalue weighted by molar-refractivity contribution is -0.131. The molecule has 7 heteroatoms. The molecule has 1 saturated heterocycles. The van der Waals surface area contributed by atoms with Gasteiger partial charge in [-0.1, -0.05) is 18.2 Å². The molecule has 1 aliphatic rings. The van der Waals surface area contributed by atoms with Crippen LogP contribution in [0.5, 0.6) is 5.75 Å². The predicted molar refractivity (Wildman–Crippen MR) is 103 cm³/mol. The zero-order chi connectivity index (χ0) is 20.1. The highest BCUT2D eigenvalue weighted by atomic mass is 16.5. The van der Waals surface area contributed by atoms with Crippen LogP contribution >= 0.6 is 0 Å². The van der Waals surface area contributed by atoms with Crippen LogP contribution in [0.3, 0.4) is 0 Å². The normalized spacial score (nSPS) is 13.9. The van der Waals surface area contributed by atoms with Crippen LogP contribution in [0.2, 0.25) is 0 Å². The van der Waals surface area contributed by atoms with Crippen molar-refractivity contribution in [2.24, 2.45) is 0 Å². The first-order chi connectivity index (χ1) is 13.5. The van der Waals surface area contributed by atoms with E-state index in [1.807, 2.05) is 0 Å². The van der Waals surface area contributed by atoms with Crippen LogP contribution in [0.1, 0.15) is 26.3 Å². The van der Waals surface area contributed by atoms with Gasteiger partial charge in [-0.3, -0.25) is 9.59 Å². The second-order valence-electron chi connectivity index (χ2n) is 6.54. The number of carboxylic acids is 1. The van der Waals surface area contributed by atoms with Gasteiger partial charge in [0, 0.05) is 31.7 Å². The van der Waals surface area contributed by atoms with E-state index in [4.69, 9.17) is 4.74 Å². The largest absolute Gasteiger partial charge is 0.497 e. The quantitative estimate of drug-likeness (QED) is 0.854. The highest BCUT2D eigenvalue weighted by Crippen LogP contribution is 2.16. The lowest BCUT2D eigenvalue weighted by Gasteiger charge is -2.35. The van der Waals surface area contributed by atoms with Gasteiger partial charge < -0.3 is 19.6 Å². The van der Waals surface area contributed by atoms with Crippen molar-refractivity contribution < 1.29 is 24.2 Å². The molecule has 1 aliphatic heterocycles. The van der Waals surface area contributed by atoms with Gasteiger partial charge in [0.25, 0.3) is 5.91 Å². The summed E-state index contributed by atoms with van der Waals surface area (Å²) in [5, 5.41) is 9.25. The van der Waals surface area contributed by atoms with Gasteiger partial charge in [-0.15, -0.1) is 0 Å². The molecule has 1 heterocycles. The number of rotatable bonds is 5. The molecular formula is C21H22N2O5. The van der Waals surface area contributed by atoms with Crippen molar-refractivity contribution in [1.82, 2.24) is 9.80 Å². The van der Waals surface area contributed by atoms with Gasteiger partial charge in [-0.2, -0.15) is 0 Å².